The van der Waals surface area contributed by atoms with Gasteiger partial charge >= 0.3 is 0 Å². The molecular formula is C13H13N3. The van der Waals surface area contributed by atoms with Crippen LogP contribution in [0.25, 0.3) is 6.08 Å². The maximum Gasteiger partial charge on any atom is 0.0924 e. The Balaban J connectivity index is 1.83. The van der Waals surface area contributed by atoms with Crippen molar-refractivity contribution in [1.82, 2.24) is 9.97 Å². The van der Waals surface area contributed by atoms with Crippen molar-refractivity contribution in [2.45, 2.75) is 5.92 Å². The van der Waals surface area contributed by atoms with E-state index in [0.29, 0.717) is 5.92 Å². The minimum absolute atomic E-state index is 0.458. The van der Waals surface area contributed by atoms with Crippen LogP contribution >= 0.6 is 0 Å². The van der Waals surface area contributed by atoms with Crippen molar-refractivity contribution < 1.29 is 0 Å². The van der Waals surface area contributed by atoms with Crippen LogP contribution in [0.2, 0.25) is 0 Å². The molecule has 16 heavy (non-hydrogen) atoms. The number of rotatable bonds is 2. The van der Waals surface area contributed by atoms with Crippen molar-refractivity contribution in [3.8, 4) is 0 Å². The minimum atomic E-state index is 0.458. The van der Waals surface area contributed by atoms with Crippen molar-refractivity contribution >= 4 is 11.8 Å². The molecule has 0 bridgehead atoms. The van der Waals surface area contributed by atoms with Crippen LogP contribution in [-0.4, -0.2) is 16.5 Å². The lowest BCUT2D eigenvalue weighted by molar-refractivity contribution is 0.953. The lowest BCUT2D eigenvalue weighted by atomic mass is 10.0. The molecular weight excluding hydrogens is 198 g/mol. The number of aromatic nitrogens is 2. The molecule has 1 atom stereocenters. The molecule has 2 N–H and O–H groups in total. The van der Waals surface area contributed by atoms with Crippen molar-refractivity contribution in [3.63, 3.8) is 0 Å². The van der Waals surface area contributed by atoms with Gasteiger partial charge in [-0.15, -0.1) is 0 Å². The highest BCUT2D eigenvalue weighted by Crippen LogP contribution is 2.31. The minimum Gasteiger partial charge on any atom is -0.384 e. The Morgan fingerprint density at radius 2 is 2.25 bits per heavy atom. The molecule has 0 aliphatic carbocycles. The second-order valence-corrected chi connectivity index (χ2v) is 3.94. The van der Waals surface area contributed by atoms with Gasteiger partial charge in [0.25, 0.3) is 0 Å². The zero-order chi connectivity index (χ0) is 10.8. The highest BCUT2D eigenvalue weighted by molar-refractivity contribution is 5.60. The fourth-order valence-corrected chi connectivity index (χ4v) is 2.06. The second-order valence-electron chi connectivity index (χ2n) is 3.94. The summed E-state index contributed by atoms with van der Waals surface area (Å²) < 4.78 is 0. The van der Waals surface area contributed by atoms with Crippen LogP contribution in [0.5, 0.6) is 0 Å². The van der Waals surface area contributed by atoms with E-state index >= 15 is 0 Å². The van der Waals surface area contributed by atoms with Gasteiger partial charge in [-0.25, -0.2) is 4.98 Å². The maximum absolute atomic E-state index is 3.99. The first-order valence-electron chi connectivity index (χ1n) is 5.43. The summed E-state index contributed by atoms with van der Waals surface area (Å²) in [6.45, 7) is 0.976. The molecule has 3 nitrogen and oxygen atoms in total. The van der Waals surface area contributed by atoms with E-state index in [4.69, 9.17) is 0 Å². The van der Waals surface area contributed by atoms with Crippen molar-refractivity contribution in [1.29, 1.82) is 0 Å². The molecule has 1 unspecified atom stereocenters. The molecule has 0 fully saturated rings. The van der Waals surface area contributed by atoms with Gasteiger partial charge in [0.15, 0.2) is 0 Å². The molecule has 2 heterocycles. The number of hydrogen-bond acceptors (Lipinski definition) is 2. The first kappa shape index (κ1) is 9.21. The molecule has 1 aromatic heterocycles. The van der Waals surface area contributed by atoms with E-state index in [2.05, 4.69) is 51.7 Å². The van der Waals surface area contributed by atoms with E-state index in [-0.39, 0.29) is 0 Å². The molecule has 0 amide bonds. The zero-order valence-electron chi connectivity index (χ0n) is 8.85. The molecule has 0 spiro atoms. The van der Waals surface area contributed by atoms with Gasteiger partial charge in [-0.05, 0) is 17.7 Å². The van der Waals surface area contributed by atoms with E-state index in [9.17, 15) is 0 Å². The van der Waals surface area contributed by atoms with E-state index in [1.54, 1.807) is 6.33 Å². The number of hydrogen-bond donors (Lipinski definition) is 2. The van der Waals surface area contributed by atoms with E-state index < -0.39 is 0 Å². The van der Waals surface area contributed by atoms with Crippen LogP contribution in [0.15, 0.2) is 42.9 Å². The maximum atomic E-state index is 3.99. The summed E-state index contributed by atoms with van der Waals surface area (Å²) in [6, 6.07) is 8.45. The summed E-state index contributed by atoms with van der Waals surface area (Å²) in [7, 11) is 0. The average Bonchev–Trinajstić information content (AvgIpc) is 2.96. The summed E-state index contributed by atoms with van der Waals surface area (Å²) in [4.78, 5) is 7.06. The molecule has 1 aliphatic heterocycles. The first-order valence-corrected chi connectivity index (χ1v) is 5.43. The van der Waals surface area contributed by atoms with Crippen LogP contribution in [0.1, 0.15) is 17.2 Å². The van der Waals surface area contributed by atoms with Crippen molar-refractivity contribution in [2.75, 3.05) is 11.9 Å². The molecule has 1 aromatic carbocycles. The third-order valence-corrected chi connectivity index (χ3v) is 2.90. The Labute approximate surface area is 94.2 Å². The summed E-state index contributed by atoms with van der Waals surface area (Å²) >= 11 is 0. The Hall–Kier alpha value is -2.03. The number of anilines is 1. The van der Waals surface area contributed by atoms with E-state index in [1.807, 2.05) is 6.20 Å². The van der Waals surface area contributed by atoms with Gasteiger partial charge in [-0.2, -0.15) is 0 Å². The Morgan fingerprint density at radius 3 is 3.12 bits per heavy atom. The normalized spacial score (nSPS) is 18.6. The van der Waals surface area contributed by atoms with E-state index in [1.165, 1.54) is 11.3 Å². The van der Waals surface area contributed by atoms with Gasteiger partial charge in [0.1, 0.15) is 0 Å². The molecule has 3 rings (SSSR count). The summed E-state index contributed by atoms with van der Waals surface area (Å²) in [5.41, 5.74) is 3.67. The lowest BCUT2D eigenvalue weighted by Gasteiger charge is -2.02. The molecule has 80 valence electrons. The van der Waals surface area contributed by atoms with Gasteiger partial charge in [-0.1, -0.05) is 24.3 Å². The number of nitrogens with one attached hydrogen (secondary N) is 2. The van der Waals surface area contributed by atoms with Crippen LogP contribution in [-0.2, 0) is 0 Å². The van der Waals surface area contributed by atoms with Gasteiger partial charge in [-0.3, -0.25) is 0 Å². The van der Waals surface area contributed by atoms with Crippen LogP contribution in [0, 0.1) is 0 Å². The zero-order valence-corrected chi connectivity index (χ0v) is 8.85. The summed E-state index contributed by atoms with van der Waals surface area (Å²) in [5, 5.41) is 3.40. The molecule has 0 saturated heterocycles. The SMILES string of the molecule is C(=CC1CNc2ccccc21)c1cnc[nH]1. The van der Waals surface area contributed by atoms with Crippen LogP contribution in [0.4, 0.5) is 5.69 Å². The third-order valence-electron chi connectivity index (χ3n) is 2.90. The standard InChI is InChI=1S/C13H13N3/c1-2-4-13-12(3-1)10(7-15-13)5-6-11-8-14-9-16-11/h1-6,8-10,15H,7H2,(H,14,16). The Morgan fingerprint density at radius 1 is 1.31 bits per heavy atom. The van der Waals surface area contributed by atoms with E-state index in [0.717, 1.165) is 12.2 Å². The second kappa shape index (κ2) is 3.85. The van der Waals surface area contributed by atoms with Crippen molar-refractivity contribution in [2.24, 2.45) is 0 Å². The lowest BCUT2D eigenvalue weighted by Crippen LogP contribution is -1.98. The molecule has 1 aliphatic rings. The van der Waals surface area contributed by atoms with Crippen molar-refractivity contribution in [3.05, 3.63) is 54.1 Å². The van der Waals surface area contributed by atoms with Crippen LogP contribution in [0.3, 0.4) is 0 Å². The Bertz CT molecular complexity index is 500. The first-order chi connectivity index (χ1) is 7.93. The molecule has 0 radical (unpaired) electrons. The fourth-order valence-electron chi connectivity index (χ4n) is 2.06. The number of nitrogens with zero attached hydrogens (tertiary/aromatic N) is 1. The number of imidazole rings is 1. The average molecular weight is 211 g/mol. The third kappa shape index (κ3) is 1.60. The fraction of sp³-hybridized carbons (Fsp3) is 0.154. The van der Waals surface area contributed by atoms with Gasteiger partial charge in [0, 0.05) is 18.2 Å². The molecule has 3 heteroatoms. The quantitative estimate of drug-likeness (QED) is 0.801. The predicted molar refractivity (Wildman–Crippen MR) is 65.3 cm³/mol. The smallest absolute Gasteiger partial charge is 0.0924 e. The highest BCUT2D eigenvalue weighted by atomic mass is 14.9. The number of H-pyrrole nitrogens is 1. The Kier molecular flexibility index (Phi) is 2.22. The van der Waals surface area contributed by atoms with Gasteiger partial charge < -0.3 is 10.3 Å². The molecule has 2 aromatic rings. The molecule has 0 saturated carbocycles. The van der Waals surface area contributed by atoms with Gasteiger partial charge in [0.2, 0.25) is 0 Å². The summed E-state index contributed by atoms with van der Waals surface area (Å²) in [6.07, 6.45) is 7.82. The number of para-hydroxylation sites is 1. The highest BCUT2D eigenvalue weighted by Gasteiger charge is 2.18. The number of benzene rings is 1. The monoisotopic (exact) mass is 211 g/mol. The van der Waals surface area contributed by atoms with Crippen LogP contribution < -0.4 is 5.32 Å². The summed E-state index contributed by atoms with van der Waals surface area (Å²) in [5.74, 6) is 0.458. The predicted octanol–water partition coefficient (Wildman–Crippen LogP) is 2.63. The van der Waals surface area contributed by atoms with Gasteiger partial charge in [0.05, 0.1) is 18.2 Å². The number of fused-ring (bicyclic) bond motifs is 1. The largest absolute Gasteiger partial charge is 0.384 e. The topological polar surface area (TPSA) is 40.7 Å². The number of aromatic amines is 1.